The van der Waals surface area contributed by atoms with Crippen LogP contribution in [0.4, 0.5) is 5.69 Å². The Hall–Kier alpha value is -2.52. The molecule has 1 aliphatic heterocycles. The fourth-order valence-electron chi connectivity index (χ4n) is 3.79. The molecule has 1 aliphatic rings. The second-order valence-corrected chi connectivity index (χ2v) is 8.07. The lowest BCUT2D eigenvalue weighted by Gasteiger charge is -2.19. The highest BCUT2D eigenvalue weighted by atomic mass is 35.5. The number of nitrogens with one attached hydrogen (secondary N) is 2. The number of β-amino-alcohol motifs (C(OH)–C–C–N with tert-alkyl or cyclic N) is 1. The number of rotatable bonds is 13. The topological polar surface area (TPSA) is 92.3 Å². The number of hydrogen-bond donors (Lipinski definition) is 3. The highest BCUT2D eigenvalue weighted by Gasteiger charge is 2.15. The van der Waals surface area contributed by atoms with Gasteiger partial charge in [-0.2, -0.15) is 0 Å². The predicted octanol–water partition coefficient (Wildman–Crippen LogP) is 3.08. The number of carbonyl (C=O) groups excluding carboxylic acids is 1. The van der Waals surface area contributed by atoms with Gasteiger partial charge in [0.15, 0.2) is 18.1 Å². The van der Waals surface area contributed by atoms with Crippen LogP contribution in [0.3, 0.4) is 0 Å². The molecule has 0 saturated carbocycles. The molecule has 188 valence electrons. The van der Waals surface area contributed by atoms with E-state index in [1.54, 1.807) is 37.4 Å². The lowest BCUT2D eigenvalue weighted by atomic mass is 10.2. The van der Waals surface area contributed by atoms with Gasteiger partial charge in [-0.1, -0.05) is 6.07 Å². The van der Waals surface area contributed by atoms with Crippen LogP contribution in [0.15, 0.2) is 42.5 Å². The molecule has 9 heteroatoms. The van der Waals surface area contributed by atoms with E-state index in [2.05, 4.69) is 15.5 Å². The number of hydrogen-bond acceptors (Lipinski definition) is 7. The quantitative estimate of drug-likeness (QED) is 0.395. The zero-order chi connectivity index (χ0) is 23.5. The van der Waals surface area contributed by atoms with Gasteiger partial charge in [0, 0.05) is 25.3 Å². The molecular formula is C25H36ClN3O5. The summed E-state index contributed by atoms with van der Waals surface area (Å²) in [6.45, 7) is 6.38. The van der Waals surface area contributed by atoms with Crippen LogP contribution in [0.1, 0.15) is 25.3 Å². The van der Waals surface area contributed by atoms with Gasteiger partial charge in [-0.15, -0.1) is 12.4 Å². The fourth-order valence-corrected chi connectivity index (χ4v) is 3.79. The molecule has 1 heterocycles. The summed E-state index contributed by atoms with van der Waals surface area (Å²) >= 11 is 0. The molecular weight excluding hydrogens is 458 g/mol. The molecule has 1 fully saturated rings. The van der Waals surface area contributed by atoms with E-state index >= 15 is 0 Å². The maximum atomic E-state index is 12.2. The first-order valence-electron chi connectivity index (χ1n) is 11.5. The van der Waals surface area contributed by atoms with Gasteiger partial charge in [0.2, 0.25) is 0 Å². The molecule has 0 spiro atoms. The maximum Gasteiger partial charge on any atom is 0.262 e. The number of carbonyl (C=O) groups is 1. The Morgan fingerprint density at radius 2 is 1.82 bits per heavy atom. The second kappa shape index (κ2) is 14.7. The average molecular weight is 494 g/mol. The second-order valence-electron chi connectivity index (χ2n) is 8.07. The number of anilines is 1. The Morgan fingerprint density at radius 3 is 2.50 bits per heavy atom. The summed E-state index contributed by atoms with van der Waals surface area (Å²) in [5.74, 6) is 1.55. The Bertz CT molecular complexity index is 875. The highest BCUT2D eigenvalue weighted by molar-refractivity contribution is 5.91. The number of benzene rings is 2. The molecule has 0 bridgehead atoms. The summed E-state index contributed by atoms with van der Waals surface area (Å²) in [6.07, 6.45) is 2.05. The molecule has 1 unspecified atom stereocenters. The van der Waals surface area contributed by atoms with E-state index in [0.717, 1.165) is 24.4 Å². The molecule has 1 amide bonds. The number of aliphatic hydroxyl groups is 1. The van der Waals surface area contributed by atoms with Crippen LogP contribution in [0.2, 0.25) is 0 Å². The fraction of sp³-hybridized carbons (Fsp3) is 0.480. The van der Waals surface area contributed by atoms with Crippen LogP contribution in [0.25, 0.3) is 0 Å². The number of amides is 1. The number of likely N-dealkylation sites (tertiary alicyclic amines) is 1. The van der Waals surface area contributed by atoms with Crippen molar-refractivity contribution in [1.82, 2.24) is 10.2 Å². The third-order valence-corrected chi connectivity index (χ3v) is 5.41. The average Bonchev–Trinajstić information content (AvgIpc) is 3.32. The molecule has 0 radical (unpaired) electrons. The van der Waals surface area contributed by atoms with Gasteiger partial charge < -0.3 is 34.9 Å². The Kier molecular flexibility index (Phi) is 12.0. The maximum absolute atomic E-state index is 12.2. The van der Waals surface area contributed by atoms with Crippen LogP contribution >= 0.6 is 12.4 Å². The Morgan fingerprint density at radius 1 is 1.09 bits per heavy atom. The highest BCUT2D eigenvalue weighted by Crippen LogP contribution is 2.28. The lowest BCUT2D eigenvalue weighted by molar-refractivity contribution is -0.118. The molecule has 0 aliphatic carbocycles. The molecule has 34 heavy (non-hydrogen) atoms. The van der Waals surface area contributed by atoms with E-state index in [0.29, 0.717) is 43.4 Å². The Balaban J connectivity index is 0.00000408. The number of aliphatic hydroxyl groups excluding tert-OH is 1. The monoisotopic (exact) mass is 493 g/mol. The van der Waals surface area contributed by atoms with Gasteiger partial charge in [0.1, 0.15) is 5.75 Å². The smallest absolute Gasteiger partial charge is 0.262 e. The van der Waals surface area contributed by atoms with Gasteiger partial charge in [-0.05, 0) is 74.8 Å². The summed E-state index contributed by atoms with van der Waals surface area (Å²) in [5, 5.41) is 16.3. The van der Waals surface area contributed by atoms with Crippen molar-refractivity contribution in [2.45, 2.75) is 32.4 Å². The standard InChI is InChI=1S/C25H35N3O5.ClH/c1-3-32-22-9-7-20(8-10-22)27-25(30)18-33-23-11-6-19(14-24(23)31-2)15-26-16-21(29)17-28-12-4-5-13-28;/h6-11,14,21,26,29H,3-5,12-13,15-18H2,1-2H3,(H,27,30);1H. The first-order valence-corrected chi connectivity index (χ1v) is 11.5. The molecule has 2 aromatic carbocycles. The third-order valence-electron chi connectivity index (χ3n) is 5.41. The molecule has 2 aromatic rings. The molecule has 1 saturated heterocycles. The molecule has 0 aromatic heterocycles. The van der Waals surface area contributed by atoms with Crippen LogP contribution in [0, 0.1) is 0 Å². The number of methoxy groups -OCH3 is 1. The largest absolute Gasteiger partial charge is 0.494 e. The number of halogens is 1. The van der Waals surface area contributed by atoms with Crippen molar-refractivity contribution in [3.8, 4) is 17.2 Å². The van der Waals surface area contributed by atoms with Crippen LogP contribution in [-0.2, 0) is 11.3 Å². The number of ether oxygens (including phenoxy) is 3. The zero-order valence-corrected chi connectivity index (χ0v) is 20.7. The minimum atomic E-state index is -0.388. The van der Waals surface area contributed by atoms with Gasteiger partial charge in [-0.25, -0.2) is 0 Å². The predicted molar refractivity (Wildman–Crippen MR) is 135 cm³/mol. The normalized spacial score (nSPS) is 14.2. The van der Waals surface area contributed by atoms with Crippen molar-refractivity contribution >= 4 is 24.0 Å². The summed E-state index contributed by atoms with van der Waals surface area (Å²) in [6, 6.07) is 12.8. The lowest BCUT2D eigenvalue weighted by Crippen LogP contribution is -2.36. The van der Waals surface area contributed by atoms with E-state index in [1.807, 2.05) is 19.1 Å². The van der Waals surface area contributed by atoms with E-state index in [-0.39, 0.29) is 31.0 Å². The summed E-state index contributed by atoms with van der Waals surface area (Å²) in [7, 11) is 1.57. The van der Waals surface area contributed by atoms with Gasteiger partial charge in [-0.3, -0.25) is 4.79 Å². The van der Waals surface area contributed by atoms with Gasteiger partial charge in [0.25, 0.3) is 5.91 Å². The van der Waals surface area contributed by atoms with Crippen LogP contribution in [0.5, 0.6) is 17.2 Å². The summed E-state index contributed by atoms with van der Waals surface area (Å²) < 4.78 is 16.5. The third kappa shape index (κ3) is 9.02. The van der Waals surface area contributed by atoms with E-state index < -0.39 is 0 Å². The zero-order valence-electron chi connectivity index (χ0n) is 19.9. The van der Waals surface area contributed by atoms with Crippen LogP contribution in [-0.4, -0.2) is 68.5 Å². The molecule has 3 rings (SSSR count). The molecule has 1 atom stereocenters. The van der Waals surface area contributed by atoms with Gasteiger partial charge in [0.05, 0.1) is 19.8 Å². The van der Waals surface area contributed by atoms with Crippen molar-refractivity contribution in [2.24, 2.45) is 0 Å². The molecule has 8 nitrogen and oxygen atoms in total. The molecule has 3 N–H and O–H groups in total. The first kappa shape index (κ1) is 27.7. The van der Waals surface area contributed by atoms with Crippen LogP contribution < -0.4 is 24.8 Å². The van der Waals surface area contributed by atoms with Crippen molar-refractivity contribution in [1.29, 1.82) is 0 Å². The SMILES string of the molecule is CCOc1ccc(NC(=O)COc2ccc(CNCC(O)CN3CCCC3)cc2OC)cc1.Cl. The van der Waals surface area contributed by atoms with Crippen molar-refractivity contribution < 1.29 is 24.1 Å². The Labute approximate surface area is 208 Å². The van der Waals surface area contributed by atoms with Crippen molar-refractivity contribution in [3.05, 3.63) is 48.0 Å². The van der Waals surface area contributed by atoms with Gasteiger partial charge >= 0.3 is 0 Å². The first-order chi connectivity index (χ1) is 16.1. The van der Waals surface area contributed by atoms with E-state index in [4.69, 9.17) is 14.2 Å². The summed E-state index contributed by atoms with van der Waals surface area (Å²) in [4.78, 5) is 14.5. The van der Waals surface area contributed by atoms with E-state index in [1.165, 1.54) is 12.8 Å². The number of nitrogens with zero attached hydrogens (tertiary/aromatic N) is 1. The van der Waals surface area contributed by atoms with Crippen molar-refractivity contribution in [2.75, 3.05) is 51.8 Å². The summed E-state index contributed by atoms with van der Waals surface area (Å²) in [5.41, 5.74) is 1.68. The minimum Gasteiger partial charge on any atom is -0.494 e. The minimum absolute atomic E-state index is 0. The van der Waals surface area contributed by atoms with Crippen molar-refractivity contribution in [3.63, 3.8) is 0 Å². The van der Waals surface area contributed by atoms with E-state index in [9.17, 15) is 9.90 Å².